The second-order valence-electron chi connectivity index (χ2n) is 5.63. The number of carbonyl (C=O) groups is 3. The van der Waals surface area contributed by atoms with Gasteiger partial charge in [-0.1, -0.05) is 35.9 Å². The number of nitrogens with zero attached hydrogens (tertiary/aromatic N) is 1. The maximum Gasteiger partial charge on any atom is 0.261 e. The van der Waals surface area contributed by atoms with Crippen LogP contribution in [0.2, 0.25) is 5.02 Å². The van der Waals surface area contributed by atoms with Gasteiger partial charge in [-0.2, -0.15) is 0 Å². The fraction of sp³-hybridized carbons (Fsp3) is 0.167. The van der Waals surface area contributed by atoms with E-state index in [2.05, 4.69) is 5.32 Å². The lowest BCUT2D eigenvalue weighted by Crippen LogP contribution is -2.46. The van der Waals surface area contributed by atoms with Crippen molar-refractivity contribution in [1.29, 1.82) is 0 Å². The van der Waals surface area contributed by atoms with E-state index < -0.39 is 11.8 Å². The molecule has 1 N–H and O–H groups in total. The van der Waals surface area contributed by atoms with E-state index in [0.717, 1.165) is 10.5 Å². The molecule has 2 aromatic rings. The molecule has 0 saturated carbocycles. The second-order valence-corrected chi connectivity index (χ2v) is 6.06. The van der Waals surface area contributed by atoms with Gasteiger partial charge in [0.15, 0.2) is 0 Å². The number of halogens is 1. The molecule has 5 nitrogen and oxygen atoms in total. The van der Waals surface area contributed by atoms with E-state index >= 15 is 0 Å². The smallest absolute Gasteiger partial charge is 0.261 e. The van der Waals surface area contributed by atoms with Crippen molar-refractivity contribution in [2.45, 2.75) is 13.3 Å². The molecule has 1 heterocycles. The van der Waals surface area contributed by atoms with Crippen molar-refractivity contribution in [3.05, 3.63) is 64.2 Å². The Balaban J connectivity index is 1.76. The van der Waals surface area contributed by atoms with Crippen LogP contribution in [0.25, 0.3) is 0 Å². The van der Waals surface area contributed by atoms with Crippen LogP contribution in [0.3, 0.4) is 0 Å². The standard InChI is InChI=1S/C18H15ClN2O3/c1-11-6-7-13(19)9-15(11)20-16(22)10-21-17(23)8-12-4-2-3-5-14(12)18(21)24/h2-7,9H,8,10H2,1H3,(H,20,22). The molecule has 0 unspecified atom stereocenters. The minimum Gasteiger partial charge on any atom is -0.324 e. The van der Waals surface area contributed by atoms with Gasteiger partial charge in [-0.15, -0.1) is 0 Å². The summed E-state index contributed by atoms with van der Waals surface area (Å²) in [5.41, 5.74) is 2.55. The van der Waals surface area contributed by atoms with Gasteiger partial charge in [0.05, 0.1) is 6.42 Å². The van der Waals surface area contributed by atoms with E-state index in [0.29, 0.717) is 21.8 Å². The molecule has 1 aliphatic rings. The molecule has 6 heteroatoms. The molecular formula is C18H15ClN2O3. The van der Waals surface area contributed by atoms with Gasteiger partial charge in [-0.3, -0.25) is 19.3 Å². The number of hydrogen-bond donors (Lipinski definition) is 1. The summed E-state index contributed by atoms with van der Waals surface area (Å²) in [5, 5.41) is 3.19. The zero-order valence-corrected chi connectivity index (χ0v) is 13.8. The summed E-state index contributed by atoms with van der Waals surface area (Å²) < 4.78 is 0. The molecule has 0 spiro atoms. The van der Waals surface area contributed by atoms with Crippen molar-refractivity contribution >= 4 is 35.0 Å². The van der Waals surface area contributed by atoms with Crippen molar-refractivity contribution in [2.24, 2.45) is 0 Å². The highest BCUT2D eigenvalue weighted by Gasteiger charge is 2.31. The number of fused-ring (bicyclic) bond motifs is 1. The predicted molar refractivity (Wildman–Crippen MR) is 91.0 cm³/mol. The Hall–Kier alpha value is -2.66. The van der Waals surface area contributed by atoms with Crippen LogP contribution in [0.1, 0.15) is 21.5 Å². The van der Waals surface area contributed by atoms with E-state index in [1.165, 1.54) is 0 Å². The number of benzene rings is 2. The molecule has 3 amide bonds. The van der Waals surface area contributed by atoms with E-state index in [1.54, 1.807) is 42.5 Å². The lowest BCUT2D eigenvalue weighted by molar-refractivity contribution is -0.131. The number of imide groups is 1. The number of carbonyl (C=O) groups excluding carboxylic acids is 3. The Morgan fingerprint density at radius 3 is 2.75 bits per heavy atom. The summed E-state index contributed by atoms with van der Waals surface area (Å²) in [6.45, 7) is 1.51. The summed E-state index contributed by atoms with van der Waals surface area (Å²) in [7, 11) is 0. The van der Waals surface area contributed by atoms with Crippen molar-refractivity contribution in [2.75, 3.05) is 11.9 Å². The number of nitrogens with one attached hydrogen (secondary N) is 1. The van der Waals surface area contributed by atoms with E-state index in [4.69, 9.17) is 11.6 Å². The number of rotatable bonds is 3. The minimum absolute atomic E-state index is 0.116. The van der Waals surface area contributed by atoms with Gasteiger partial charge >= 0.3 is 0 Å². The molecule has 0 bridgehead atoms. The molecule has 0 atom stereocenters. The van der Waals surface area contributed by atoms with Crippen LogP contribution in [0.15, 0.2) is 42.5 Å². The van der Waals surface area contributed by atoms with Crippen LogP contribution in [-0.2, 0) is 16.0 Å². The van der Waals surface area contributed by atoms with Crippen LogP contribution in [0.5, 0.6) is 0 Å². The Morgan fingerprint density at radius 1 is 1.21 bits per heavy atom. The molecule has 0 aliphatic carbocycles. The third kappa shape index (κ3) is 3.16. The Bertz CT molecular complexity index is 848. The van der Waals surface area contributed by atoms with Crippen molar-refractivity contribution in [1.82, 2.24) is 4.90 Å². The van der Waals surface area contributed by atoms with E-state index in [1.807, 2.05) is 6.92 Å². The monoisotopic (exact) mass is 342 g/mol. The van der Waals surface area contributed by atoms with Crippen molar-refractivity contribution < 1.29 is 14.4 Å². The Kier molecular flexibility index (Phi) is 4.36. The van der Waals surface area contributed by atoms with E-state index in [-0.39, 0.29) is 18.9 Å². The lowest BCUT2D eigenvalue weighted by Gasteiger charge is -2.26. The Morgan fingerprint density at radius 2 is 1.96 bits per heavy atom. The molecule has 1 aliphatic heterocycles. The first-order valence-corrected chi connectivity index (χ1v) is 7.82. The van der Waals surface area contributed by atoms with Crippen LogP contribution in [-0.4, -0.2) is 29.2 Å². The number of hydrogen-bond acceptors (Lipinski definition) is 3. The summed E-state index contributed by atoms with van der Waals surface area (Å²) in [6, 6.07) is 12.1. The van der Waals surface area contributed by atoms with Gasteiger partial charge in [-0.05, 0) is 36.2 Å². The average molecular weight is 343 g/mol. The fourth-order valence-corrected chi connectivity index (χ4v) is 2.79. The molecule has 0 fully saturated rings. The molecule has 0 radical (unpaired) electrons. The highest BCUT2D eigenvalue weighted by Crippen LogP contribution is 2.22. The third-order valence-corrected chi connectivity index (χ3v) is 4.15. The first-order chi connectivity index (χ1) is 11.5. The topological polar surface area (TPSA) is 66.5 Å². The van der Waals surface area contributed by atoms with Crippen molar-refractivity contribution in [3.8, 4) is 0 Å². The summed E-state index contributed by atoms with van der Waals surface area (Å²) in [4.78, 5) is 37.9. The number of amides is 3. The summed E-state index contributed by atoms with van der Waals surface area (Å²) in [6.07, 6.45) is 0.116. The van der Waals surface area contributed by atoms with Gasteiger partial charge in [0.25, 0.3) is 5.91 Å². The van der Waals surface area contributed by atoms with Crippen LogP contribution >= 0.6 is 11.6 Å². The maximum absolute atomic E-state index is 12.4. The van der Waals surface area contributed by atoms with Gasteiger partial charge in [-0.25, -0.2) is 0 Å². The first kappa shape index (κ1) is 16.2. The highest BCUT2D eigenvalue weighted by atomic mass is 35.5. The van der Waals surface area contributed by atoms with E-state index in [9.17, 15) is 14.4 Å². The van der Waals surface area contributed by atoms with Gasteiger partial charge < -0.3 is 5.32 Å². The zero-order chi connectivity index (χ0) is 17.3. The zero-order valence-electron chi connectivity index (χ0n) is 13.0. The molecule has 122 valence electrons. The first-order valence-electron chi connectivity index (χ1n) is 7.44. The van der Waals surface area contributed by atoms with Crippen LogP contribution in [0, 0.1) is 6.92 Å². The molecule has 0 aromatic heterocycles. The molecule has 24 heavy (non-hydrogen) atoms. The SMILES string of the molecule is Cc1ccc(Cl)cc1NC(=O)CN1C(=O)Cc2ccccc2C1=O. The second kappa shape index (κ2) is 6.45. The minimum atomic E-state index is -0.445. The largest absolute Gasteiger partial charge is 0.324 e. The quantitative estimate of drug-likeness (QED) is 0.872. The van der Waals surface area contributed by atoms with Gasteiger partial charge in [0, 0.05) is 16.3 Å². The number of anilines is 1. The highest BCUT2D eigenvalue weighted by molar-refractivity contribution is 6.31. The lowest BCUT2D eigenvalue weighted by atomic mass is 9.98. The molecular weight excluding hydrogens is 328 g/mol. The van der Waals surface area contributed by atoms with Crippen LogP contribution < -0.4 is 5.32 Å². The normalized spacial score (nSPS) is 13.7. The Labute approximate surface area is 144 Å². The maximum atomic E-state index is 12.4. The van der Waals surface area contributed by atoms with Gasteiger partial charge in [0.2, 0.25) is 11.8 Å². The fourth-order valence-electron chi connectivity index (χ4n) is 2.62. The average Bonchev–Trinajstić information content (AvgIpc) is 2.55. The molecule has 3 rings (SSSR count). The van der Waals surface area contributed by atoms with Crippen LogP contribution in [0.4, 0.5) is 5.69 Å². The summed E-state index contributed by atoms with van der Waals surface area (Å²) >= 11 is 5.92. The molecule has 0 saturated heterocycles. The van der Waals surface area contributed by atoms with Crippen molar-refractivity contribution in [3.63, 3.8) is 0 Å². The van der Waals surface area contributed by atoms with Gasteiger partial charge in [0.1, 0.15) is 6.54 Å². The number of aryl methyl sites for hydroxylation is 1. The predicted octanol–water partition coefficient (Wildman–Crippen LogP) is 2.81. The summed E-state index contributed by atoms with van der Waals surface area (Å²) in [5.74, 6) is -1.27. The third-order valence-electron chi connectivity index (χ3n) is 3.91. The molecule has 2 aromatic carbocycles.